The predicted molar refractivity (Wildman–Crippen MR) is 110 cm³/mol. The first-order valence-electron chi connectivity index (χ1n) is 11.2. The van der Waals surface area contributed by atoms with Gasteiger partial charge >= 0.3 is 0 Å². The van der Waals surface area contributed by atoms with Crippen molar-refractivity contribution >= 4 is 0 Å². The molecular weight excluding hydrogens is 310 g/mol. The Hall–Kier alpha value is -0.120. The Kier molecular flexibility index (Phi) is 18.6. The zero-order valence-corrected chi connectivity index (χ0v) is 17.4. The van der Waals surface area contributed by atoms with Crippen LogP contribution in [0.2, 0.25) is 0 Å². The second kappa shape index (κ2) is 18.7. The molecule has 3 heteroatoms. The summed E-state index contributed by atoms with van der Waals surface area (Å²) in [5.74, 6) is 0.188. The second-order valence-electron chi connectivity index (χ2n) is 8.14. The Labute approximate surface area is 158 Å². The van der Waals surface area contributed by atoms with Crippen molar-refractivity contribution < 1.29 is 10.2 Å². The Morgan fingerprint density at radius 1 is 0.640 bits per heavy atom. The number of aliphatic hydroxyl groups excluding tert-OH is 2. The molecule has 0 aromatic rings. The van der Waals surface area contributed by atoms with Crippen LogP contribution in [0, 0.1) is 5.92 Å². The fourth-order valence-corrected chi connectivity index (χ4v) is 3.17. The van der Waals surface area contributed by atoms with Crippen LogP contribution in [-0.2, 0) is 0 Å². The van der Waals surface area contributed by atoms with E-state index in [1.165, 1.54) is 83.5 Å². The van der Waals surface area contributed by atoms with Gasteiger partial charge in [0.15, 0.2) is 0 Å². The number of hydrogen-bond acceptors (Lipinski definition) is 3. The molecule has 3 nitrogen and oxygen atoms in total. The summed E-state index contributed by atoms with van der Waals surface area (Å²) in [4.78, 5) is 0. The van der Waals surface area contributed by atoms with E-state index in [-0.39, 0.29) is 12.0 Å². The van der Waals surface area contributed by atoms with E-state index < -0.39 is 6.23 Å². The highest BCUT2D eigenvalue weighted by Gasteiger charge is 2.10. The number of rotatable bonds is 19. The molecule has 3 N–H and O–H groups in total. The van der Waals surface area contributed by atoms with Gasteiger partial charge in [0.1, 0.15) is 6.23 Å². The molecule has 152 valence electrons. The topological polar surface area (TPSA) is 52.5 Å². The van der Waals surface area contributed by atoms with Crippen LogP contribution in [-0.4, -0.2) is 29.1 Å². The van der Waals surface area contributed by atoms with E-state index >= 15 is 0 Å². The van der Waals surface area contributed by atoms with Crippen LogP contribution < -0.4 is 5.32 Å². The van der Waals surface area contributed by atoms with E-state index in [9.17, 15) is 10.2 Å². The van der Waals surface area contributed by atoms with Crippen molar-refractivity contribution in [3.63, 3.8) is 0 Å². The zero-order valence-electron chi connectivity index (χ0n) is 17.4. The molecular formula is C22H47NO2. The Morgan fingerprint density at radius 3 is 1.44 bits per heavy atom. The van der Waals surface area contributed by atoms with Gasteiger partial charge in [0.25, 0.3) is 0 Å². The number of aliphatic hydroxyl groups is 2. The Morgan fingerprint density at radius 2 is 1.04 bits per heavy atom. The van der Waals surface area contributed by atoms with Gasteiger partial charge in [-0.05, 0) is 12.3 Å². The monoisotopic (exact) mass is 357 g/mol. The lowest BCUT2D eigenvalue weighted by Crippen LogP contribution is -2.38. The van der Waals surface area contributed by atoms with Crippen LogP contribution in [0.4, 0.5) is 0 Å². The summed E-state index contributed by atoms with van der Waals surface area (Å²) >= 11 is 0. The van der Waals surface area contributed by atoms with E-state index in [2.05, 4.69) is 12.2 Å². The van der Waals surface area contributed by atoms with E-state index in [0.29, 0.717) is 6.54 Å². The standard InChI is InChI=1S/C22H47NO2/c1-4-5-6-7-8-9-10-11-12-13-14-15-16-17-18-21(24)19-23-22(25)20(2)3/h20-25H,4-19H2,1-3H3. The average Bonchev–Trinajstić information content (AvgIpc) is 2.59. The fraction of sp³-hybridized carbons (Fsp3) is 1.00. The molecule has 2 unspecified atom stereocenters. The SMILES string of the molecule is CCCCCCCCCCCCCCCCC(O)CNC(O)C(C)C. The van der Waals surface area contributed by atoms with Crippen molar-refractivity contribution in [3.8, 4) is 0 Å². The van der Waals surface area contributed by atoms with Gasteiger partial charge in [-0.2, -0.15) is 0 Å². The zero-order chi connectivity index (χ0) is 18.8. The third-order valence-corrected chi connectivity index (χ3v) is 5.08. The minimum absolute atomic E-state index is 0.188. The van der Waals surface area contributed by atoms with Crippen LogP contribution in [0.25, 0.3) is 0 Å². The largest absolute Gasteiger partial charge is 0.392 e. The molecule has 0 heterocycles. The minimum Gasteiger partial charge on any atom is -0.392 e. The molecule has 0 aliphatic rings. The van der Waals surface area contributed by atoms with Crippen LogP contribution in [0.3, 0.4) is 0 Å². The fourth-order valence-electron chi connectivity index (χ4n) is 3.17. The summed E-state index contributed by atoms with van der Waals surface area (Å²) < 4.78 is 0. The maximum absolute atomic E-state index is 9.90. The highest BCUT2D eigenvalue weighted by Crippen LogP contribution is 2.13. The summed E-state index contributed by atoms with van der Waals surface area (Å²) in [6, 6.07) is 0. The summed E-state index contributed by atoms with van der Waals surface area (Å²) in [5.41, 5.74) is 0. The van der Waals surface area contributed by atoms with Gasteiger partial charge in [-0.25, -0.2) is 0 Å². The van der Waals surface area contributed by atoms with Crippen LogP contribution >= 0.6 is 0 Å². The van der Waals surface area contributed by atoms with Crippen LogP contribution in [0.15, 0.2) is 0 Å². The van der Waals surface area contributed by atoms with Crippen LogP contribution in [0.5, 0.6) is 0 Å². The molecule has 0 spiro atoms. The average molecular weight is 358 g/mol. The molecule has 0 bridgehead atoms. The maximum Gasteiger partial charge on any atom is 0.107 e. The van der Waals surface area contributed by atoms with Crippen molar-refractivity contribution in [1.29, 1.82) is 0 Å². The molecule has 0 fully saturated rings. The summed E-state index contributed by atoms with van der Waals surface area (Å²) in [6.07, 6.45) is 19.1. The van der Waals surface area contributed by atoms with Gasteiger partial charge in [0, 0.05) is 6.54 Å². The van der Waals surface area contributed by atoms with Gasteiger partial charge < -0.3 is 10.2 Å². The first-order chi connectivity index (χ1) is 12.1. The van der Waals surface area contributed by atoms with Gasteiger partial charge in [-0.15, -0.1) is 0 Å². The van der Waals surface area contributed by atoms with Crippen LogP contribution in [0.1, 0.15) is 117 Å². The van der Waals surface area contributed by atoms with Gasteiger partial charge in [0.2, 0.25) is 0 Å². The van der Waals surface area contributed by atoms with E-state index in [1.54, 1.807) is 0 Å². The van der Waals surface area contributed by atoms with Gasteiger partial charge in [-0.1, -0.05) is 111 Å². The minimum atomic E-state index is -0.508. The number of unbranched alkanes of at least 4 members (excludes halogenated alkanes) is 13. The van der Waals surface area contributed by atoms with Crippen molar-refractivity contribution in [2.24, 2.45) is 5.92 Å². The third-order valence-electron chi connectivity index (χ3n) is 5.08. The Balaban J connectivity index is 3.18. The lowest BCUT2D eigenvalue weighted by Gasteiger charge is -2.18. The van der Waals surface area contributed by atoms with E-state index in [4.69, 9.17) is 0 Å². The maximum atomic E-state index is 9.90. The second-order valence-corrected chi connectivity index (χ2v) is 8.14. The van der Waals surface area contributed by atoms with Crippen molar-refractivity contribution in [1.82, 2.24) is 5.32 Å². The molecule has 0 aliphatic heterocycles. The molecule has 0 aromatic heterocycles. The molecule has 0 amide bonds. The lowest BCUT2D eigenvalue weighted by atomic mass is 10.0. The number of hydrogen-bond donors (Lipinski definition) is 3. The summed E-state index contributed by atoms with van der Waals surface area (Å²) in [5, 5.41) is 22.5. The quantitative estimate of drug-likeness (QED) is 0.203. The molecule has 0 saturated carbocycles. The molecule has 0 rings (SSSR count). The molecule has 0 radical (unpaired) electrons. The van der Waals surface area contributed by atoms with E-state index in [0.717, 1.165) is 12.8 Å². The highest BCUT2D eigenvalue weighted by molar-refractivity contribution is 4.64. The lowest BCUT2D eigenvalue weighted by molar-refractivity contribution is 0.0664. The van der Waals surface area contributed by atoms with Crippen molar-refractivity contribution in [2.75, 3.05) is 6.54 Å². The Bertz CT molecular complexity index is 258. The molecule has 0 aliphatic carbocycles. The number of nitrogens with one attached hydrogen (secondary N) is 1. The molecule has 0 saturated heterocycles. The van der Waals surface area contributed by atoms with Crippen molar-refractivity contribution in [3.05, 3.63) is 0 Å². The molecule has 2 atom stereocenters. The van der Waals surface area contributed by atoms with Crippen molar-refractivity contribution in [2.45, 2.75) is 129 Å². The molecule has 25 heavy (non-hydrogen) atoms. The molecule has 0 aromatic carbocycles. The third kappa shape index (κ3) is 18.5. The van der Waals surface area contributed by atoms with Gasteiger partial charge in [-0.3, -0.25) is 5.32 Å². The smallest absolute Gasteiger partial charge is 0.107 e. The highest BCUT2D eigenvalue weighted by atomic mass is 16.3. The first-order valence-corrected chi connectivity index (χ1v) is 11.2. The summed E-state index contributed by atoms with van der Waals surface area (Å²) in [6.45, 7) is 6.71. The van der Waals surface area contributed by atoms with Gasteiger partial charge in [0.05, 0.1) is 6.10 Å². The first kappa shape index (κ1) is 24.9. The predicted octanol–water partition coefficient (Wildman–Crippen LogP) is 5.78. The van der Waals surface area contributed by atoms with E-state index in [1.807, 2.05) is 13.8 Å². The summed E-state index contributed by atoms with van der Waals surface area (Å²) in [7, 11) is 0. The normalized spacial score (nSPS) is 14.2.